The van der Waals surface area contributed by atoms with Crippen LogP contribution in [0.3, 0.4) is 0 Å². The minimum Gasteiger partial charge on any atom is -0.465 e. The second-order valence-electron chi connectivity index (χ2n) is 8.32. The first-order chi connectivity index (χ1) is 16.8. The molecule has 4 rings (SSSR count). The van der Waals surface area contributed by atoms with Crippen LogP contribution in [-0.4, -0.2) is 52.8 Å². The number of fused-ring (bicyclic) bond motifs is 1. The van der Waals surface area contributed by atoms with Crippen molar-refractivity contribution in [2.75, 3.05) is 30.4 Å². The highest BCUT2D eigenvalue weighted by atomic mass is 32.1. The van der Waals surface area contributed by atoms with E-state index in [0.29, 0.717) is 60.0 Å². The van der Waals surface area contributed by atoms with Crippen molar-refractivity contribution >= 4 is 45.3 Å². The number of hydrogen-bond acceptors (Lipinski definition) is 8. The Kier molecular flexibility index (Phi) is 7.15. The Hall–Kier alpha value is -3.73. The third-order valence-electron chi connectivity index (χ3n) is 6.13. The molecule has 0 aromatic carbocycles. The standard InChI is InChI=1S/C24H28N6O4S/c1-5-11-30-19-17(7-6-10-25-19)27-20(22(30)31)29-12-8-16(9-13-29)26-24(33)28-21-18(23(32)34-4)14(2)15(3)35-21/h5-7,10,16H,1,8-9,11-13H2,2-4H3,(H2,26,28,33). The van der Waals surface area contributed by atoms with Crippen LogP contribution < -0.4 is 21.1 Å². The van der Waals surface area contributed by atoms with Crippen LogP contribution in [0.1, 0.15) is 33.6 Å². The zero-order valence-electron chi connectivity index (χ0n) is 20.0. The van der Waals surface area contributed by atoms with Gasteiger partial charge in [-0.1, -0.05) is 6.08 Å². The first-order valence-corrected chi connectivity index (χ1v) is 12.1. The molecule has 1 aliphatic heterocycles. The fourth-order valence-electron chi connectivity index (χ4n) is 4.19. The van der Waals surface area contributed by atoms with Crippen molar-refractivity contribution in [3.8, 4) is 0 Å². The Labute approximate surface area is 206 Å². The van der Waals surface area contributed by atoms with Crippen molar-refractivity contribution in [3.05, 3.63) is 57.3 Å². The lowest BCUT2D eigenvalue weighted by atomic mass is 10.1. The first-order valence-electron chi connectivity index (χ1n) is 11.3. The van der Waals surface area contributed by atoms with Crippen LogP contribution in [0.4, 0.5) is 15.6 Å². The molecule has 10 nitrogen and oxygen atoms in total. The van der Waals surface area contributed by atoms with Gasteiger partial charge in [0.25, 0.3) is 5.56 Å². The van der Waals surface area contributed by atoms with Crippen LogP contribution in [0.5, 0.6) is 0 Å². The molecular formula is C24H28N6O4S. The van der Waals surface area contributed by atoms with E-state index in [2.05, 4.69) is 27.2 Å². The zero-order valence-corrected chi connectivity index (χ0v) is 20.8. The number of anilines is 2. The van der Waals surface area contributed by atoms with Gasteiger partial charge in [0.1, 0.15) is 10.5 Å². The normalized spacial score (nSPS) is 14.1. The molecule has 0 saturated carbocycles. The molecule has 0 radical (unpaired) electrons. The summed E-state index contributed by atoms with van der Waals surface area (Å²) >= 11 is 1.34. The lowest BCUT2D eigenvalue weighted by molar-refractivity contribution is 0.0601. The number of allylic oxidation sites excluding steroid dienone is 1. The fraction of sp³-hybridized carbons (Fsp3) is 0.375. The summed E-state index contributed by atoms with van der Waals surface area (Å²) in [5.74, 6) is -0.0989. The fourth-order valence-corrected chi connectivity index (χ4v) is 5.23. The molecule has 2 amide bonds. The van der Waals surface area contributed by atoms with Gasteiger partial charge < -0.3 is 15.0 Å². The predicted molar refractivity (Wildman–Crippen MR) is 137 cm³/mol. The van der Waals surface area contributed by atoms with Gasteiger partial charge in [-0.2, -0.15) is 0 Å². The third kappa shape index (κ3) is 4.90. The zero-order chi connectivity index (χ0) is 25.1. The van der Waals surface area contributed by atoms with Gasteiger partial charge in [0.05, 0.1) is 12.7 Å². The molecule has 0 atom stereocenters. The number of methoxy groups -OCH3 is 1. The van der Waals surface area contributed by atoms with Crippen LogP contribution in [0.2, 0.25) is 0 Å². The molecule has 0 bridgehead atoms. The Balaban J connectivity index is 1.43. The quantitative estimate of drug-likeness (QED) is 0.397. The third-order valence-corrected chi connectivity index (χ3v) is 7.25. The molecule has 1 saturated heterocycles. The van der Waals surface area contributed by atoms with Crippen LogP contribution in [-0.2, 0) is 11.3 Å². The molecule has 3 aromatic heterocycles. The van der Waals surface area contributed by atoms with E-state index < -0.39 is 5.97 Å². The van der Waals surface area contributed by atoms with Gasteiger partial charge in [-0.25, -0.2) is 19.6 Å². The highest BCUT2D eigenvalue weighted by Crippen LogP contribution is 2.33. The number of carbonyl (C=O) groups excluding carboxylic acids is 2. The largest absolute Gasteiger partial charge is 0.465 e. The summed E-state index contributed by atoms with van der Waals surface area (Å²) in [4.78, 5) is 49.7. The maximum atomic E-state index is 13.1. The summed E-state index contributed by atoms with van der Waals surface area (Å²) in [5.41, 5.74) is 2.14. The Morgan fingerprint density at radius 1 is 1.31 bits per heavy atom. The summed E-state index contributed by atoms with van der Waals surface area (Å²) in [6, 6.07) is 3.17. The number of amides is 2. The Morgan fingerprint density at radius 3 is 2.74 bits per heavy atom. The van der Waals surface area contributed by atoms with E-state index in [1.165, 1.54) is 18.4 Å². The van der Waals surface area contributed by atoms with E-state index in [4.69, 9.17) is 4.74 Å². The van der Waals surface area contributed by atoms with Crippen molar-refractivity contribution in [2.45, 2.75) is 39.3 Å². The Morgan fingerprint density at radius 2 is 2.06 bits per heavy atom. The van der Waals surface area contributed by atoms with Gasteiger partial charge in [0.15, 0.2) is 11.5 Å². The lowest BCUT2D eigenvalue weighted by Crippen LogP contribution is -2.47. The van der Waals surface area contributed by atoms with E-state index in [-0.39, 0.29) is 17.6 Å². The average Bonchev–Trinajstić information content (AvgIpc) is 3.13. The molecule has 0 unspecified atom stereocenters. The lowest BCUT2D eigenvalue weighted by Gasteiger charge is -2.33. The number of nitrogens with zero attached hydrogens (tertiary/aromatic N) is 4. The van der Waals surface area contributed by atoms with Gasteiger partial charge in [-0.3, -0.25) is 14.7 Å². The van der Waals surface area contributed by atoms with E-state index >= 15 is 0 Å². The van der Waals surface area contributed by atoms with Gasteiger partial charge in [0, 0.05) is 36.8 Å². The number of urea groups is 1. The molecule has 35 heavy (non-hydrogen) atoms. The van der Waals surface area contributed by atoms with Crippen molar-refractivity contribution in [3.63, 3.8) is 0 Å². The monoisotopic (exact) mass is 496 g/mol. The number of ether oxygens (including phenoxy) is 1. The number of aryl methyl sites for hydroxylation is 1. The smallest absolute Gasteiger partial charge is 0.341 e. The second-order valence-corrected chi connectivity index (χ2v) is 9.55. The molecule has 0 aliphatic carbocycles. The minimum atomic E-state index is -0.476. The van der Waals surface area contributed by atoms with E-state index in [1.54, 1.807) is 22.9 Å². The molecule has 4 heterocycles. The van der Waals surface area contributed by atoms with Crippen LogP contribution in [0.15, 0.2) is 35.8 Å². The minimum absolute atomic E-state index is 0.0764. The van der Waals surface area contributed by atoms with Gasteiger partial charge in [-0.15, -0.1) is 17.9 Å². The van der Waals surface area contributed by atoms with Crippen LogP contribution in [0, 0.1) is 13.8 Å². The number of hydrogen-bond donors (Lipinski definition) is 2. The van der Waals surface area contributed by atoms with Crippen molar-refractivity contribution in [1.29, 1.82) is 0 Å². The number of nitrogens with one attached hydrogen (secondary N) is 2. The van der Waals surface area contributed by atoms with Gasteiger partial charge in [0.2, 0.25) is 0 Å². The maximum absolute atomic E-state index is 13.1. The number of esters is 1. The summed E-state index contributed by atoms with van der Waals surface area (Å²) < 4.78 is 6.44. The number of carbonyl (C=O) groups is 2. The molecule has 1 fully saturated rings. The van der Waals surface area contributed by atoms with E-state index in [0.717, 1.165) is 10.4 Å². The van der Waals surface area contributed by atoms with Crippen molar-refractivity contribution in [1.82, 2.24) is 19.9 Å². The summed E-state index contributed by atoms with van der Waals surface area (Å²) in [5, 5.41) is 6.25. The second kappa shape index (κ2) is 10.3. The maximum Gasteiger partial charge on any atom is 0.341 e. The molecule has 2 N–H and O–H groups in total. The average molecular weight is 497 g/mol. The number of thiophene rings is 1. The Bertz CT molecular complexity index is 1340. The number of aromatic nitrogens is 3. The van der Waals surface area contributed by atoms with Gasteiger partial charge >= 0.3 is 12.0 Å². The van der Waals surface area contributed by atoms with Crippen molar-refractivity contribution in [2.24, 2.45) is 0 Å². The summed E-state index contributed by atoms with van der Waals surface area (Å²) in [6.07, 6.45) is 4.59. The highest BCUT2D eigenvalue weighted by molar-refractivity contribution is 7.16. The first kappa shape index (κ1) is 24.4. The molecule has 184 valence electrons. The van der Waals surface area contributed by atoms with Gasteiger partial charge in [-0.05, 0) is 44.4 Å². The molecule has 3 aromatic rings. The number of piperidine rings is 1. The van der Waals surface area contributed by atoms with Crippen molar-refractivity contribution < 1.29 is 14.3 Å². The molecule has 11 heteroatoms. The highest BCUT2D eigenvalue weighted by Gasteiger charge is 2.26. The predicted octanol–water partition coefficient (Wildman–Crippen LogP) is 3.23. The SMILES string of the molecule is C=CCn1c(=O)c(N2CCC(NC(=O)Nc3sc(C)c(C)c3C(=O)OC)CC2)nc2cccnc21. The molecule has 1 aliphatic rings. The molecular weight excluding hydrogens is 468 g/mol. The van der Waals surface area contributed by atoms with E-state index in [1.807, 2.05) is 24.8 Å². The topological polar surface area (TPSA) is 118 Å². The van der Waals surface area contributed by atoms with Crippen LogP contribution in [0.25, 0.3) is 11.2 Å². The molecule has 0 spiro atoms. The van der Waals surface area contributed by atoms with Crippen LogP contribution >= 0.6 is 11.3 Å². The number of pyridine rings is 1. The van der Waals surface area contributed by atoms with E-state index in [9.17, 15) is 14.4 Å². The number of rotatable bonds is 6. The summed E-state index contributed by atoms with van der Waals surface area (Å²) in [6.45, 7) is 8.95. The summed E-state index contributed by atoms with van der Waals surface area (Å²) in [7, 11) is 1.32.